The number of sulfonamides is 1. The Morgan fingerprint density at radius 3 is 2.52 bits per heavy atom. The van der Waals surface area contributed by atoms with Gasteiger partial charge in [-0.3, -0.25) is 0 Å². The van der Waals surface area contributed by atoms with Crippen molar-refractivity contribution in [3.63, 3.8) is 0 Å². The van der Waals surface area contributed by atoms with Gasteiger partial charge < -0.3 is 14.2 Å². The molecule has 0 saturated carbocycles. The Balaban J connectivity index is 2.11. The summed E-state index contributed by atoms with van der Waals surface area (Å²) in [4.78, 5) is 12.1. The fourth-order valence-corrected chi connectivity index (χ4v) is 2.91. The van der Waals surface area contributed by atoms with Gasteiger partial charge in [-0.25, -0.2) is 17.9 Å². The van der Waals surface area contributed by atoms with Gasteiger partial charge in [-0.2, -0.15) is 8.78 Å². The first-order chi connectivity index (χ1) is 12.8. The van der Waals surface area contributed by atoms with E-state index in [1.807, 2.05) is 0 Å². The van der Waals surface area contributed by atoms with Gasteiger partial charge in [-0.1, -0.05) is 12.1 Å². The first-order valence-electron chi connectivity index (χ1n) is 7.59. The highest BCUT2D eigenvalue weighted by atomic mass is 32.2. The van der Waals surface area contributed by atoms with Crippen molar-refractivity contribution in [1.82, 2.24) is 4.72 Å². The van der Waals surface area contributed by atoms with E-state index in [1.165, 1.54) is 56.6 Å². The number of esters is 1. The van der Waals surface area contributed by atoms with Crippen molar-refractivity contribution in [1.29, 1.82) is 0 Å². The molecule has 0 aliphatic carbocycles. The van der Waals surface area contributed by atoms with Gasteiger partial charge in [-0.15, -0.1) is 0 Å². The lowest BCUT2D eigenvalue weighted by Crippen LogP contribution is -2.19. The van der Waals surface area contributed by atoms with Crippen molar-refractivity contribution in [2.24, 2.45) is 0 Å². The van der Waals surface area contributed by atoms with Gasteiger partial charge in [0, 0.05) is 0 Å². The van der Waals surface area contributed by atoms with Crippen molar-refractivity contribution in [3.05, 3.63) is 53.6 Å². The summed E-state index contributed by atoms with van der Waals surface area (Å²) in [6.07, 6.45) is 0. The largest absolute Gasteiger partial charge is 0.493 e. The molecular formula is C17H17F2NO6S. The van der Waals surface area contributed by atoms with E-state index in [4.69, 9.17) is 9.47 Å². The maximum Gasteiger partial charge on any atom is 0.387 e. The minimum atomic E-state index is -3.69. The van der Waals surface area contributed by atoms with Crippen LogP contribution in [0.2, 0.25) is 0 Å². The molecule has 146 valence electrons. The van der Waals surface area contributed by atoms with Crippen LogP contribution in [0.1, 0.15) is 15.9 Å². The molecule has 0 bridgehead atoms. The summed E-state index contributed by atoms with van der Waals surface area (Å²) in [6, 6.07) is 9.47. The molecule has 0 unspecified atom stereocenters. The third kappa shape index (κ3) is 5.38. The Morgan fingerprint density at radius 1 is 1.15 bits per heavy atom. The minimum Gasteiger partial charge on any atom is -0.493 e. The van der Waals surface area contributed by atoms with E-state index in [-0.39, 0.29) is 28.6 Å². The molecular weight excluding hydrogens is 384 g/mol. The highest BCUT2D eigenvalue weighted by Gasteiger charge is 2.16. The second-order valence-electron chi connectivity index (χ2n) is 5.18. The molecule has 0 saturated heterocycles. The molecule has 0 heterocycles. The normalized spacial score (nSPS) is 11.3. The molecule has 2 rings (SSSR count). The van der Waals surface area contributed by atoms with E-state index < -0.39 is 22.6 Å². The summed E-state index contributed by atoms with van der Waals surface area (Å²) in [5.41, 5.74) is 0.525. The van der Waals surface area contributed by atoms with E-state index in [1.54, 1.807) is 0 Å². The smallest absolute Gasteiger partial charge is 0.387 e. The van der Waals surface area contributed by atoms with Gasteiger partial charge in [0.2, 0.25) is 10.0 Å². The maximum absolute atomic E-state index is 12.3. The van der Waals surface area contributed by atoms with Crippen LogP contribution in [0.3, 0.4) is 0 Å². The number of carbonyl (C=O) groups is 1. The maximum atomic E-state index is 12.3. The Morgan fingerprint density at radius 2 is 1.89 bits per heavy atom. The van der Waals surface area contributed by atoms with Crippen LogP contribution in [0.4, 0.5) is 8.78 Å². The minimum absolute atomic E-state index is 0.0518. The molecule has 0 aliphatic heterocycles. The Labute approximate surface area is 154 Å². The van der Waals surface area contributed by atoms with Gasteiger partial charge in [0.1, 0.15) is 6.61 Å². The number of ether oxygens (including phenoxy) is 3. The van der Waals surface area contributed by atoms with E-state index in [9.17, 15) is 22.0 Å². The number of rotatable bonds is 8. The molecule has 0 aromatic heterocycles. The SMILES string of the molecule is CNS(=O)(=O)c1cccc(C(=O)OCc2ccc(OC(F)F)c(OC)c2)c1. The number of hydrogen-bond acceptors (Lipinski definition) is 6. The number of nitrogens with one attached hydrogen (secondary N) is 1. The number of benzene rings is 2. The number of halogens is 2. The van der Waals surface area contributed by atoms with Crippen LogP contribution in [0.5, 0.6) is 11.5 Å². The van der Waals surface area contributed by atoms with Crippen molar-refractivity contribution in [2.45, 2.75) is 18.1 Å². The molecule has 10 heteroatoms. The van der Waals surface area contributed by atoms with E-state index in [0.717, 1.165) is 0 Å². The molecule has 0 radical (unpaired) electrons. The van der Waals surface area contributed by atoms with Crippen LogP contribution in [-0.4, -0.2) is 35.2 Å². The molecule has 0 amide bonds. The molecule has 1 N–H and O–H groups in total. The average Bonchev–Trinajstić information content (AvgIpc) is 2.66. The van der Waals surface area contributed by atoms with E-state index >= 15 is 0 Å². The summed E-state index contributed by atoms with van der Waals surface area (Å²) >= 11 is 0. The van der Waals surface area contributed by atoms with Crippen molar-refractivity contribution >= 4 is 16.0 Å². The predicted octanol–water partition coefficient (Wildman–Crippen LogP) is 2.56. The van der Waals surface area contributed by atoms with Gasteiger partial charge >= 0.3 is 12.6 Å². The van der Waals surface area contributed by atoms with Crippen LogP contribution in [0.25, 0.3) is 0 Å². The number of alkyl halides is 2. The monoisotopic (exact) mass is 401 g/mol. The summed E-state index contributed by atoms with van der Waals surface area (Å²) in [5.74, 6) is -0.825. The summed E-state index contributed by atoms with van der Waals surface area (Å²) < 4.78 is 64.8. The predicted molar refractivity (Wildman–Crippen MR) is 91.4 cm³/mol. The highest BCUT2D eigenvalue weighted by molar-refractivity contribution is 7.89. The average molecular weight is 401 g/mol. The van der Waals surface area contributed by atoms with Gasteiger partial charge in [0.15, 0.2) is 11.5 Å². The molecule has 0 aliphatic rings. The highest BCUT2D eigenvalue weighted by Crippen LogP contribution is 2.29. The standard InChI is InChI=1S/C17H17F2NO6S/c1-20-27(22,23)13-5-3-4-12(9-13)16(21)25-10-11-6-7-14(26-17(18)19)15(8-11)24-2/h3-9,17,20H,10H2,1-2H3. The fraction of sp³-hybridized carbons (Fsp3) is 0.235. The third-order valence-electron chi connectivity index (χ3n) is 3.46. The third-order valence-corrected chi connectivity index (χ3v) is 4.87. The van der Waals surface area contributed by atoms with Crippen LogP contribution < -0.4 is 14.2 Å². The van der Waals surface area contributed by atoms with E-state index in [2.05, 4.69) is 9.46 Å². The summed E-state index contributed by atoms with van der Waals surface area (Å²) in [6.45, 7) is -3.17. The molecule has 2 aromatic carbocycles. The second kappa shape index (κ2) is 8.78. The van der Waals surface area contributed by atoms with Crippen LogP contribution >= 0.6 is 0 Å². The van der Waals surface area contributed by atoms with Gasteiger partial charge in [0.05, 0.1) is 17.6 Å². The van der Waals surface area contributed by atoms with Gasteiger partial charge in [-0.05, 0) is 42.9 Å². The van der Waals surface area contributed by atoms with Crippen molar-refractivity contribution < 1.29 is 36.2 Å². The summed E-state index contributed by atoms with van der Waals surface area (Å²) in [5, 5.41) is 0. The van der Waals surface area contributed by atoms with Crippen molar-refractivity contribution in [2.75, 3.05) is 14.2 Å². The zero-order valence-corrected chi connectivity index (χ0v) is 15.3. The molecule has 27 heavy (non-hydrogen) atoms. The zero-order valence-electron chi connectivity index (χ0n) is 14.4. The molecule has 0 atom stereocenters. The van der Waals surface area contributed by atoms with Crippen LogP contribution in [0.15, 0.2) is 47.4 Å². The Hall–Kier alpha value is -2.72. The molecule has 0 fully saturated rings. The van der Waals surface area contributed by atoms with Crippen molar-refractivity contribution in [3.8, 4) is 11.5 Å². The molecule has 7 nitrogen and oxygen atoms in total. The topological polar surface area (TPSA) is 90.9 Å². The number of hydrogen-bond donors (Lipinski definition) is 1. The molecule has 2 aromatic rings. The second-order valence-corrected chi connectivity index (χ2v) is 7.06. The fourth-order valence-electron chi connectivity index (χ4n) is 2.14. The zero-order chi connectivity index (χ0) is 20.0. The Bertz CT molecular complexity index is 917. The lowest BCUT2D eigenvalue weighted by molar-refractivity contribution is -0.0512. The lowest BCUT2D eigenvalue weighted by Gasteiger charge is -2.12. The van der Waals surface area contributed by atoms with Gasteiger partial charge in [0.25, 0.3) is 0 Å². The van der Waals surface area contributed by atoms with Crippen LogP contribution in [0, 0.1) is 0 Å². The van der Waals surface area contributed by atoms with E-state index in [0.29, 0.717) is 5.56 Å². The Kier molecular flexibility index (Phi) is 6.70. The lowest BCUT2D eigenvalue weighted by atomic mass is 10.2. The first-order valence-corrected chi connectivity index (χ1v) is 9.07. The number of carbonyl (C=O) groups excluding carboxylic acids is 1. The quantitative estimate of drug-likeness (QED) is 0.684. The van der Waals surface area contributed by atoms with Crippen LogP contribution in [-0.2, 0) is 21.4 Å². The first kappa shape index (κ1) is 20.6. The number of methoxy groups -OCH3 is 1. The summed E-state index contributed by atoms with van der Waals surface area (Å²) in [7, 11) is -1.15. The molecule has 0 spiro atoms.